The highest BCUT2D eigenvalue weighted by molar-refractivity contribution is 7.80. The van der Waals surface area contributed by atoms with Gasteiger partial charge in [0.15, 0.2) is 10.8 Å². The fourth-order valence-electron chi connectivity index (χ4n) is 2.94. The summed E-state index contributed by atoms with van der Waals surface area (Å²) in [6.45, 7) is 2.79. The minimum Gasteiger partial charge on any atom is -0.494 e. The molecule has 0 aliphatic carbocycles. The van der Waals surface area contributed by atoms with E-state index >= 15 is 0 Å². The van der Waals surface area contributed by atoms with Gasteiger partial charge in [0.25, 0.3) is 5.91 Å². The molecule has 2 N–H and O–H groups in total. The topological polar surface area (TPSA) is 68.2 Å². The van der Waals surface area contributed by atoms with Gasteiger partial charge in [0.05, 0.1) is 22.1 Å². The van der Waals surface area contributed by atoms with Crippen molar-refractivity contribution >= 4 is 40.3 Å². The Morgan fingerprint density at radius 2 is 1.91 bits per heavy atom. The third-order valence-corrected chi connectivity index (χ3v) is 5.92. The number of thiophene rings is 1. The molecular formula is C22H23F3N4O2S2. The first kappa shape index (κ1) is 24.7. The lowest BCUT2D eigenvalue weighted by Crippen LogP contribution is -2.33. The first-order chi connectivity index (χ1) is 15.7. The van der Waals surface area contributed by atoms with Gasteiger partial charge in [0, 0.05) is 12.7 Å². The molecule has 0 radical (unpaired) electrons. The fourth-order valence-corrected chi connectivity index (χ4v) is 4.10. The number of anilines is 1. The number of unbranched alkanes of at least 4 members (excludes halogenated alkanes) is 2. The Labute approximate surface area is 198 Å². The number of amides is 1. The number of hydrogen-bond donors (Lipinski definition) is 2. The van der Waals surface area contributed by atoms with Gasteiger partial charge in [-0.3, -0.25) is 14.8 Å². The summed E-state index contributed by atoms with van der Waals surface area (Å²) in [4.78, 5) is 13.3. The van der Waals surface area contributed by atoms with E-state index in [-0.39, 0.29) is 10.8 Å². The van der Waals surface area contributed by atoms with Crippen molar-refractivity contribution < 1.29 is 22.7 Å². The quantitative estimate of drug-likeness (QED) is 0.302. The van der Waals surface area contributed by atoms with Crippen LogP contribution in [0.1, 0.15) is 41.6 Å². The Hall–Kier alpha value is -2.92. The average Bonchev–Trinajstić information content (AvgIpc) is 3.39. The molecule has 1 aromatic carbocycles. The van der Waals surface area contributed by atoms with Crippen LogP contribution in [0.15, 0.2) is 42.5 Å². The number of carbonyl (C=O) groups is 1. The number of thiocarbonyl (C=S) groups is 1. The number of aryl methyl sites for hydroxylation is 1. The molecule has 3 rings (SSSR count). The number of rotatable bonds is 8. The predicted octanol–water partition coefficient (Wildman–Crippen LogP) is 5.86. The Kier molecular flexibility index (Phi) is 8.09. The molecular weight excluding hydrogens is 473 g/mol. The summed E-state index contributed by atoms with van der Waals surface area (Å²) in [6.07, 6.45) is -1.29. The zero-order valence-electron chi connectivity index (χ0n) is 18.0. The van der Waals surface area contributed by atoms with Crippen molar-refractivity contribution in [3.63, 3.8) is 0 Å². The maximum Gasteiger partial charge on any atom is 0.435 e. The number of ether oxygens (including phenoxy) is 1. The summed E-state index contributed by atoms with van der Waals surface area (Å²) >= 11 is 6.25. The molecule has 0 fully saturated rings. The smallest absolute Gasteiger partial charge is 0.435 e. The molecule has 33 heavy (non-hydrogen) atoms. The van der Waals surface area contributed by atoms with Crippen LogP contribution >= 0.6 is 23.6 Å². The van der Waals surface area contributed by atoms with E-state index < -0.39 is 17.8 Å². The van der Waals surface area contributed by atoms with Crippen molar-refractivity contribution in [2.75, 3.05) is 11.9 Å². The van der Waals surface area contributed by atoms with E-state index in [9.17, 15) is 18.0 Å². The third-order valence-electron chi connectivity index (χ3n) is 4.61. The van der Waals surface area contributed by atoms with Gasteiger partial charge in [-0.25, -0.2) is 0 Å². The first-order valence-corrected chi connectivity index (χ1v) is 11.5. The SMILES string of the molecule is CCCCCOc1ccc(NC(=S)NC(=O)c2ccc(-c3cc(C(F)(F)F)nn3C)s2)cc1. The zero-order valence-corrected chi connectivity index (χ0v) is 19.7. The predicted molar refractivity (Wildman–Crippen MR) is 127 cm³/mol. The van der Waals surface area contributed by atoms with Crippen LogP contribution in [0.3, 0.4) is 0 Å². The summed E-state index contributed by atoms with van der Waals surface area (Å²) in [6, 6.07) is 11.3. The highest BCUT2D eigenvalue weighted by Crippen LogP contribution is 2.34. The largest absolute Gasteiger partial charge is 0.494 e. The van der Waals surface area contributed by atoms with E-state index in [1.165, 1.54) is 13.1 Å². The van der Waals surface area contributed by atoms with E-state index in [4.69, 9.17) is 17.0 Å². The summed E-state index contributed by atoms with van der Waals surface area (Å²) < 4.78 is 45.5. The molecule has 0 aliphatic heterocycles. The standard InChI is InChI=1S/C22H23F3N4O2S2/c1-3-4-5-12-31-15-8-6-14(7-9-15)26-21(32)27-20(30)18-11-10-17(33-18)16-13-19(22(23,24)25)28-29(16)2/h6-11,13H,3-5,12H2,1-2H3,(H2,26,27,30,32). The molecule has 0 spiro atoms. The van der Waals surface area contributed by atoms with Gasteiger partial charge < -0.3 is 10.1 Å². The van der Waals surface area contributed by atoms with E-state index in [1.54, 1.807) is 18.2 Å². The van der Waals surface area contributed by atoms with Crippen LogP contribution in [-0.2, 0) is 13.2 Å². The first-order valence-electron chi connectivity index (χ1n) is 10.2. The Bertz CT molecular complexity index is 1110. The van der Waals surface area contributed by atoms with Crippen LogP contribution in [0.5, 0.6) is 5.75 Å². The minimum atomic E-state index is -4.54. The lowest BCUT2D eigenvalue weighted by atomic mass is 10.2. The number of alkyl halides is 3. The number of aromatic nitrogens is 2. The average molecular weight is 497 g/mol. The van der Waals surface area contributed by atoms with Crippen molar-refractivity contribution in [2.45, 2.75) is 32.4 Å². The second-order valence-electron chi connectivity index (χ2n) is 7.19. The lowest BCUT2D eigenvalue weighted by molar-refractivity contribution is -0.141. The van der Waals surface area contributed by atoms with Gasteiger partial charge in [-0.1, -0.05) is 19.8 Å². The molecule has 11 heteroatoms. The monoisotopic (exact) mass is 496 g/mol. The number of nitrogens with one attached hydrogen (secondary N) is 2. The van der Waals surface area contributed by atoms with E-state index in [2.05, 4.69) is 22.7 Å². The molecule has 0 bridgehead atoms. The van der Waals surface area contributed by atoms with E-state index in [0.29, 0.717) is 22.0 Å². The maximum atomic E-state index is 12.9. The van der Waals surface area contributed by atoms with Crippen LogP contribution in [-0.4, -0.2) is 27.4 Å². The molecule has 0 saturated carbocycles. The van der Waals surface area contributed by atoms with Gasteiger partial charge in [0.1, 0.15) is 5.75 Å². The number of halogens is 3. The highest BCUT2D eigenvalue weighted by atomic mass is 32.1. The Morgan fingerprint density at radius 3 is 2.55 bits per heavy atom. The number of carbonyl (C=O) groups excluding carboxylic acids is 1. The normalized spacial score (nSPS) is 11.3. The molecule has 0 aliphatic rings. The van der Waals surface area contributed by atoms with Crippen LogP contribution in [0.25, 0.3) is 10.6 Å². The summed E-state index contributed by atoms with van der Waals surface area (Å²) in [5.41, 5.74) is -0.0334. The zero-order chi connectivity index (χ0) is 24.0. The van der Waals surface area contributed by atoms with Crippen molar-refractivity contribution in [1.82, 2.24) is 15.1 Å². The third kappa shape index (κ3) is 6.78. The molecule has 0 atom stereocenters. The van der Waals surface area contributed by atoms with Crippen LogP contribution in [0.2, 0.25) is 0 Å². The Morgan fingerprint density at radius 1 is 1.18 bits per heavy atom. The molecule has 176 valence electrons. The van der Waals surface area contributed by atoms with Crippen LogP contribution in [0.4, 0.5) is 18.9 Å². The summed E-state index contributed by atoms with van der Waals surface area (Å²) in [7, 11) is 1.42. The van der Waals surface area contributed by atoms with Gasteiger partial charge in [0.2, 0.25) is 0 Å². The van der Waals surface area contributed by atoms with Crippen LogP contribution in [0, 0.1) is 0 Å². The fraction of sp³-hybridized carbons (Fsp3) is 0.318. The molecule has 0 unspecified atom stereocenters. The summed E-state index contributed by atoms with van der Waals surface area (Å²) in [5, 5.41) is 9.10. The molecule has 6 nitrogen and oxygen atoms in total. The van der Waals surface area contributed by atoms with Gasteiger partial charge in [-0.2, -0.15) is 18.3 Å². The Balaban J connectivity index is 1.56. The van der Waals surface area contributed by atoms with Crippen molar-refractivity contribution in [3.8, 4) is 16.3 Å². The van der Waals surface area contributed by atoms with E-state index in [1.807, 2.05) is 12.1 Å². The van der Waals surface area contributed by atoms with Crippen molar-refractivity contribution in [1.29, 1.82) is 0 Å². The summed E-state index contributed by atoms with van der Waals surface area (Å²) in [5.74, 6) is 0.291. The number of hydrogen-bond acceptors (Lipinski definition) is 5. The minimum absolute atomic E-state index is 0.103. The van der Waals surface area contributed by atoms with Crippen LogP contribution < -0.4 is 15.4 Å². The molecule has 2 heterocycles. The van der Waals surface area contributed by atoms with E-state index in [0.717, 1.165) is 47.1 Å². The highest BCUT2D eigenvalue weighted by Gasteiger charge is 2.34. The van der Waals surface area contributed by atoms with Crippen molar-refractivity contribution in [2.24, 2.45) is 7.05 Å². The second-order valence-corrected chi connectivity index (χ2v) is 8.68. The van der Waals surface area contributed by atoms with Gasteiger partial charge in [-0.15, -0.1) is 11.3 Å². The maximum absolute atomic E-state index is 12.9. The van der Waals surface area contributed by atoms with Gasteiger partial charge >= 0.3 is 6.18 Å². The second kappa shape index (κ2) is 10.8. The molecule has 0 saturated heterocycles. The lowest BCUT2D eigenvalue weighted by Gasteiger charge is -2.10. The van der Waals surface area contributed by atoms with Crippen molar-refractivity contribution in [3.05, 3.63) is 53.0 Å². The number of benzene rings is 1. The molecule has 3 aromatic rings. The molecule has 1 amide bonds. The van der Waals surface area contributed by atoms with Gasteiger partial charge in [-0.05, 0) is 61.1 Å². The molecule has 2 aromatic heterocycles. The number of nitrogens with zero attached hydrogens (tertiary/aromatic N) is 2.